The fraction of sp³-hybridized carbons (Fsp3) is 0.400. The number of piperidine rings is 1. The fourth-order valence-corrected chi connectivity index (χ4v) is 3.88. The van der Waals surface area contributed by atoms with Gasteiger partial charge in [0.2, 0.25) is 5.91 Å². The Bertz CT molecular complexity index is 969. The standard InChI is InChI=1S/C25H31N3O6/c1-33-20-8-4-17(5-9-20)14-22(27-24(31)19-6-2-18(15-26)3-7-19)25(32)28-12-10-21(11-13-28)34-16-23(29)30/h2-9,21-22H,10-16,26H2,1H3,(H,27,31)(H,29,30)/t22-/m0/s1. The molecule has 9 nitrogen and oxygen atoms in total. The van der Waals surface area contributed by atoms with Gasteiger partial charge in [0.15, 0.2) is 0 Å². The van der Waals surface area contributed by atoms with E-state index in [-0.39, 0.29) is 24.5 Å². The zero-order valence-corrected chi connectivity index (χ0v) is 19.2. The average molecular weight is 470 g/mol. The zero-order valence-electron chi connectivity index (χ0n) is 19.2. The molecular weight excluding hydrogens is 438 g/mol. The smallest absolute Gasteiger partial charge is 0.329 e. The number of rotatable bonds is 10. The van der Waals surface area contributed by atoms with Gasteiger partial charge in [-0.15, -0.1) is 0 Å². The Balaban J connectivity index is 1.70. The molecule has 0 bridgehead atoms. The van der Waals surface area contributed by atoms with Crippen molar-refractivity contribution in [1.29, 1.82) is 0 Å². The molecule has 9 heteroatoms. The SMILES string of the molecule is COc1ccc(C[C@H](NC(=O)c2ccc(CN)cc2)C(=O)N2CCC(OCC(=O)O)CC2)cc1. The number of hydrogen-bond acceptors (Lipinski definition) is 6. The van der Waals surface area contributed by atoms with E-state index in [1.54, 1.807) is 36.3 Å². The van der Waals surface area contributed by atoms with Crippen LogP contribution in [0.15, 0.2) is 48.5 Å². The fourth-order valence-electron chi connectivity index (χ4n) is 3.88. The first-order chi connectivity index (χ1) is 16.4. The summed E-state index contributed by atoms with van der Waals surface area (Å²) in [4.78, 5) is 38.8. The summed E-state index contributed by atoms with van der Waals surface area (Å²) >= 11 is 0. The largest absolute Gasteiger partial charge is 0.497 e. The number of hydrogen-bond donors (Lipinski definition) is 3. The predicted molar refractivity (Wildman–Crippen MR) is 125 cm³/mol. The molecule has 34 heavy (non-hydrogen) atoms. The third kappa shape index (κ3) is 7.03. The number of carboxylic acids is 1. The van der Waals surface area contributed by atoms with E-state index >= 15 is 0 Å². The monoisotopic (exact) mass is 469 g/mol. The molecule has 182 valence electrons. The summed E-state index contributed by atoms with van der Waals surface area (Å²) in [5.41, 5.74) is 7.88. The lowest BCUT2D eigenvalue weighted by Gasteiger charge is -2.34. The maximum Gasteiger partial charge on any atom is 0.329 e. The molecule has 1 aliphatic heterocycles. The zero-order chi connectivity index (χ0) is 24.5. The normalized spacial score (nSPS) is 14.9. The molecule has 1 saturated heterocycles. The number of ether oxygens (including phenoxy) is 2. The number of carboxylic acid groups (broad SMARTS) is 1. The molecule has 2 aromatic carbocycles. The van der Waals surface area contributed by atoms with E-state index in [1.165, 1.54) is 0 Å². The van der Waals surface area contributed by atoms with Crippen LogP contribution in [-0.2, 0) is 27.3 Å². The van der Waals surface area contributed by atoms with Crippen molar-refractivity contribution in [2.24, 2.45) is 5.73 Å². The quantitative estimate of drug-likeness (QED) is 0.481. The first kappa shape index (κ1) is 25.2. The summed E-state index contributed by atoms with van der Waals surface area (Å²) in [6.45, 7) is 0.900. The third-order valence-corrected chi connectivity index (χ3v) is 5.85. The van der Waals surface area contributed by atoms with Crippen LogP contribution in [0.3, 0.4) is 0 Å². The summed E-state index contributed by atoms with van der Waals surface area (Å²) in [5, 5.41) is 11.7. The molecule has 0 radical (unpaired) electrons. The highest BCUT2D eigenvalue weighted by Crippen LogP contribution is 2.18. The average Bonchev–Trinajstić information content (AvgIpc) is 2.87. The number of likely N-dealkylation sites (tertiary alicyclic amines) is 1. The molecule has 0 unspecified atom stereocenters. The van der Waals surface area contributed by atoms with Gasteiger partial charge in [0.1, 0.15) is 18.4 Å². The van der Waals surface area contributed by atoms with Crippen LogP contribution in [0.5, 0.6) is 5.75 Å². The Kier molecular flexibility index (Phi) is 9.00. The number of carbonyl (C=O) groups is 3. The Morgan fingerprint density at radius 2 is 1.68 bits per heavy atom. The topological polar surface area (TPSA) is 131 Å². The number of nitrogens with two attached hydrogens (primary N) is 1. The van der Waals surface area contributed by atoms with Crippen LogP contribution in [0.4, 0.5) is 0 Å². The van der Waals surface area contributed by atoms with Crippen molar-refractivity contribution < 1.29 is 29.0 Å². The Hall–Kier alpha value is -3.43. The molecule has 0 aliphatic carbocycles. The number of nitrogens with zero attached hydrogens (tertiary/aromatic N) is 1. The predicted octanol–water partition coefficient (Wildman–Crippen LogP) is 1.59. The van der Waals surface area contributed by atoms with Gasteiger partial charge < -0.3 is 30.5 Å². The highest BCUT2D eigenvalue weighted by atomic mass is 16.5. The minimum atomic E-state index is -1.01. The van der Waals surface area contributed by atoms with Crippen molar-refractivity contribution in [2.45, 2.75) is 38.0 Å². The number of nitrogens with one attached hydrogen (secondary N) is 1. The van der Waals surface area contributed by atoms with Gasteiger partial charge in [-0.05, 0) is 48.2 Å². The van der Waals surface area contributed by atoms with Gasteiger partial charge in [-0.25, -0.2) is 4.79 Å². The van der Waals surface area contributed by atoms with Gasteiger partial charge >= 0.3 is 5.97 Å². The molecule has 1 atom stereocenters. The summed E-state index contributed by atoms with van der Waals surface area (Å²) in [6.07, 6.45) is 1.21. The molecule has 0 aromatic heterocycles. The van der Waals surface area contributed by atoms with E-state index in [4.69, 9.17) is 20.3 Å². The van der Waals surface area contributed by atoms with E-state index in [0.29, 0.717) is 50.2 Å². The van der Waals surface area contributed by atoms with Crippen LogP contribution in [0.1, 0.15) is 34.3 Å². The number of amides is 2. The van der Waals surface area contributed by atoms with Crippen LogP contribution >= 0.6 is 0 Å². The molecule has 0 saturated carbocycles. The van der Waals surface area contributed by atoms with Crippen LogP contribution < -0.4 is 15.8 Å². The second kappa shape index (κ2) is 12.2. The van der Waals surface area contributed by atoms with E-state index in [1.807, 2.05) is 24.3 Å². The highest BCUT2D eigenvalue weighted by Gasteiger charge is 2.30. The minimum absolute atomic E-state index is 0.181. The molecule has 2 aromatic rings. The van der Waals surface area contributed by atoms with Crippen LogP contribution in [-0.4, -0.2) is 66.7 Å². The van der Waals surface area contributed by atoms with Crippen LogP contribution in [0, 0.1) is 0 Å². The van der Waals surface area contributed by atoms with Gasteiger partial charge in [-0.1, -0.05) is 24.3 Å². The van der Waals surface area contributed by atoms with Crippen molar-refractivity contribution in [1.82, 2.24) is 10.2 Å². The third-order valence-electron chi connectivity index (χ3n) is 5.85. The lowest BCUT2D eigenvalue weighted by atomic mass is 10.0. The maximum atomic E-state index is 13.4. The molecule has 4 N–H and O–H groups in total. The molecule has 0 spiro atoms. The van der Waals surface area contributed by atoms with Gasteiger partial charge in [0, 0.05) is 31.6 Å². The summed E-state index contributed by atoms with van der Waals surface area (Å²) in [7, 11) is 1.58. The Morgan fingerprint density at radius 1 is 1.06 bits per heavy atom. The maximum absolute atomic E-state index is 13.4. The molecule has 1 fully saturated rings. The van der Waals surface area contributed by atoms with E-state index in [9.17, 15) is 14.4 Å². The lowest BCUT2D eigenvalue weighted by molar-refractivity contribution is -0.147. The second-order valence-electron chi connectivity index (χ2n) is 8.21. The van der Waals surface area contributed by atoms with Gasteiger partial charge in [0.05, 0.1) is 13.2 Å². The van der Waals surface area contributed by atoms with E-state index < -0.39 is 12.0 Å². The summed E-state index contributed by atoms with van der Waals surface area (Å²) in [5.74, 6) is -0.825. The number of aliphatic carboxylic acids is 1. The molecule has 1 heterocycles. The van der Waals surface area contributed by atoms with Crippen molar-refractivity contribution in [3.05, 3.63) is 65.2 Å². The number of methoxy groups -OCH3 is 1. The van der Waals surface area contributed by atoms with Crippen molar-refractivity contribution in [3.63, 3.8) is 0 Å². The minimum Gasteiger partial charge on any atom is -0.497 e. The summed E-state index contributed by atoms with van der Waals surface area (Å²) in [6, 6.07) is 13.6. The second-order valence-corrected chi connectivity index (χ2v) is 8.21. The molecule has 2 amide bonds. The first-order valence-electron chi connectivity index (χ1n) is 11.2. The molecule has 1 aliphatic rings. The van der Waals surface area contributed by atoms with Gasteiger partial charge in [-0.3, -0.25) is 9.59 Å². The Labute approximate surface area is 198 Å². The van der Waals surface area contributed by atoms with Crippen LogP contribution in [0.2, 0.25) is 0 Å². The molecular formula is C25H31N3O6. The molecule has 3 rings (SSSR count). The first-order valence-corrected chi connectivity index (χ1v) is 11.2. The van der Waals surface area contributed by atoms with E-state index in [0.717, 1.165) is 11.1 Å². The van der Waals surface area contributed by atoms with Gasteiger partial charge in [0.25, 0.3) is 5.91 Å². The number of carbonyl (C=O) groups excluding carboxylic acids is 2. The van der Waals surface area contributed by atoms with Gasteiger partial charge in [-0.2, -0.15) is 0 Å². The van der Waals surface area contributed by atoms with Crippen LogP contribution in [0.25, 0.3) is 0 Å². The lowest BCUT2D eigenvalue weighted by Crippen LogP contribution is -2.52. The highest BCUT2D eigenvalue weighted by molar-refractivity contribution is 5.97. The summed E-state index contributed by atoms with van der Waals surface area (Å²) < 4.78 is 10.6. The van der Waals surface area contributed by atoms with Crippen molar-refractivity contribution in [2.75, 3.05) is 26.8 Å². The Morgan fingerprint density at radius 3 is 2.24 bits per heavy atom. The van der Waals surface area contributed by atoms with Crippen molar-refractivity contribution >= 4 is 17.8 Å². The van der Waals surface area contributed by atoms with E-state index in [2.05, 4.69) is 5.32 Å². The van der Waals surface area contributed by atoms with Crippen molar-refractivity contribution in [3.8, 4) is 5.75 Å². The number of benzene rings is 2.